The van der Waals surface area contributed by atoms with Crippen molar-refractivity contribution in [1.82, 2.24) is 4.57 Å². The fourth-order valence-corrected chi connectivity index (χ4v) is 4.16. The number of nitrogens with zero attached hydrogens (tertiary/aromatic N) is 3. The van der Waals surface area contributed by atoms with E-state index in [2.05, 4.69) is 25.9 Å². The first-order valence-corrected chi connectivity index (χ1v) is 9.09. The number of benzene rings is 2. The summed E-state index contributed by atoms with van der Waals surface area (Å²) in [6, 6.07) is 15.3. The monoisotopic (exact) mass is 415 g/mol. The van der Waals surface area contributed by atoms with Gasteiger partial charge in [-0.05, 0) is 52.4 Å². The average molecular weight is 416 g/mol. The molecule has 0 saturated heterocycles. The van der Waals surface area contributed by atoms with Crippen molar-refractivity contribution in [3.05, 3.63) is 78.4 Å². The quantitative estimate of drug-likeness (QED) is 0.643. The topological polar surface area (TPSA) is 49.9 Å². The molecule has 0 radical (unpaired) electrons. The molecule has 0 bridgehead atoms. The second-order valence-electron chi connectivity index (χ2n) is 5.06. The Balaban J connectivity index is 1.84. The average Bonchev–Trinajstić information content (AvgIpc) is 3.09. The summed E-state index contributed by atoms with van der Waals surface area (Å²) in [5.74, 6) is 0.646. The zero-order chi connectivity index (χ0) is 16.7. The van der Waals surface area contributed by atoms with Crippen molar-refractivity contribution in [2.24, 2.45) is 9.98 Å². The third-order valence-corrected chi connectivity index (χ3v) is 5.50. The Morgan fingerprint density at radius 3 is 2.33 bits per heavy atom. The smallest absolute Gasteiger partial charge is 0.215 e. The number of halogens is 1. The number of para-hydroxylation sites is 3. The number of thiazole rings is 1. The summed E-state index contributed by atoms with van der Waals surface area (Å²) in [5.41, 5.74) is 0.796. The highest BCUT2D eigenvalue weighted by molar-refractivity contribution is 9.10. The summed E-state index contributed by atoms with van der Waals surface area (Å²) in [6.07, 6.45) is 1.75. The van der Waals surface area contributed by atoms with E-state index in [1.165, 1.54) is 11.3 Å². The molecule has 0 fully saturated rings. The molecule has 0 amide bonds. The Hall–Kier alpha value is -2.09. The number of aromatic hydroxyl groups is 1. The number of fused-ring (bicyclic) bond motifs is 1. The van der Waals surface area contributed by atoms with Crippen LogP contribution < -0.4 is 10.7 Å². The van der Waals surface area contributed by atoms with Crippen LogP contribution in [0.2, 0.25) is 0 Å². The maximum absolute atomic E-state index is 10.6. The van der Waals surface area contributed by atoms with Crippen molar-refractivity contribution in [2.75, 3.05) is 0 Å². The van der Waals surface area contributed by atoms with Crippen molar-refractivity contribution >= 4 is 45.6 Å². The zero-order valence-electron chi connectivity index (χ0n) is 12.2. The lowest BCUT2D eigenvalue weighted by molar-refractivity contribution is 0.441. The van der Waals surface area contributed by atoms with Crippen molar-refractivity contribution in [3.8, 4) is 11.6 Å². The van der Waals surface area contributed by atoms with Crippen LogP contribution in [0.3, 0.4) is 0 Å². The van der Waals surface area contributed by atoms with E-state index in [0.29, 0.717) is 14.7 Å². The van der Waals surface area contributed by atoms with Gasteiger partial charge in [0.15, 0.2) is 9.78 Å². The number of hydrogen-bond donors (Lipinski definition) is 1. The third kappa shape index (κ3) is 2.64. The fourth-order valence-electron chi connectivity index (χ4n) is 2.43. The van der Waals surface area contributed by atoms with E-state index >= 15 is 0 Å². The van der Waals surface area contributed by atoms with Crippen molar-refractivity contribution in [2.45, 2.75) is 0 Å². The molecule has 2 aromatic carbocycles. The van der Waals surface area contributed by atoms with Crippen LogP contribution in [0.5, 0.6) is 5.88 Å². The molecule has 0 unspecified atom stereocenters. The molecule has 1 N–H and O–H groups in total. The standard InChI is InChI=1S/C17H10BrN3OS2/c18-10-5-1-4-8-13(10)21-16(22)14(24-17(21)23)9-15-19-11-6-2-3-7-12(11)20-15/h1-9,22H. The van der Waals surface area contributed by atoms with Crippen LogP contribution in [-0.2, 0) is 0 Å². The van der Waals surface area contributed by atoms with Gasteiger partial charge in [-0.1, -0.05) is 24.3 Å². The molecule has 4 rings (SSSR count). The predicted octanol–water partition coefficient (Wildman–Crippen LogP) is 3.99. The van der Waals surface area contributed by atoms with Gasteiger partial charge >= 0.3 is 0 Å². The number of rotatable bonds is 2. The first-order chi connectivity index (χ1) is 11.6. The molecule has 24 heavy (non-hydrogen) atoms. The van der Waals surface area contributed by atoms with Crippen molar-refractivity contribution in [3.63, 3.8) is 0 Å². The molecule has 0 spiro atoms. The Kier molecular flexibility index (Phi) is 3.91. The molecule has 1 aromatic heterocycles. The lowest BCUT2D eigenvalue weighted by Gasteiger charge is -2.06. The molecule has 1 aliphatic rings. The highest BCUT2D eigenvalue weighted by atomic mass is 79.9. The molecule has 1 aliphatic heterocycles. The normalized spacial score (nSPS) is 12.5. The van der Waals surface area contributed by atoms with Gasteiger partial charge in [0.25, 0.3) is 0 Å². The highest BCUT2D eigenvalue weighted by Gasteiger charge is 2.15. The largest absolute Gasteiger partial charge is 0.493 e. The first-order valence-electron chi connectivity index (χ1n) is 7.07. The van der Waals surface area contributed by atoms with Crippen LogP contribution in [-0.4, -0.2) is 9.67 Å². The highest BCUT2D eigenvalue weighted by Crippen LogP contribution is 2.34. The molecule has 118 valence electrons. The molecule has 2 heterocycles. The van der Waals surface area contributed by atoms with Gasteiger partial charge in [0.2, 0.25) is 5.88 Å². The van der Waals surface area contributed by atoms with Gasteiger partial charge in [-0.3, -0.25) is 4.57 Å². The van der Waals surface area contributed by atoms with Crippen LogP contribution in [0.4, 0.5) is 0 Å². The second-order valence-corrected chi connectivity index (χ2v) is 7.59. The van der Waals surface area contributed by atoms with Gasteiger partial charge in [0.1, 0.15) is 0 Å². The maximum Gasteiger partial charge on any atom is 0.215 e. The van der Waals surface area contributed by atoms with Gasteiger partial charge in [-0.2, -0.15) is 0 Å². The van der Waals surface area contributed by atoms with Gasteiger partial charge in [0.05, 0.1) is 21.3 Å². The number of aromatic nitrogens is 1. The molecule has 0 atom stereocenters. The summed E-state index contributed by atoms with van der Waals surface area (Å²) in [7, 11) is 0. The Morgan fingerprint density at radius 1 is 1.04 bits per heavy atom. The van der Waals surface area contributed by atoms with E-state index < -0.39 is 0 Å². The third-order valence-electron chi connectivity index (χ3n) is 3.52. The summed E-state index contributed by atoms with van der Waals surface area (Å²) >= 11 is 10.2. The van der Waals surface area contributed by atoms with Crippen molar-refractivity contribution < 1.29 is 5.11 Å². The molecule has 3 aromatic rings. The molecular weight excluding hydrogens is 406 g/mol. The first kappa shape index (κ1) is 15.4. The lowest BCUT2D eigenvalue weighted by atomic mass is 10.3. The number of hydrogen-bond acceptors (Lipinski definition) is 5. The van der Waals surface area contributed by atoms with E-state index in [0.717, 1.165) is 20.9 Å². The van der Waals surface area contributed by atoms with E-state index in [-0.39, 0.29) is 5.88 Å². The fraction of sp³-hybridized carbons (Fsp3) is 0. The minimum atomic E-state index is 0.0887. The van der Waals surface area contributed by atoms with Gasteiger partial charge in [0, 0.05) is 10.5 Å². The minimum Gasteiger partial charge on any atom is -0.493 e. The predicted molar refractivity (Wildman–Crippen MR) is 101 cm³/mol. The summed E-state index contributed by atoms with van der Waals surface area (Å²) < 4.78 is 3.05. The lowest BCUT2D eigenvalue weighted by Crippen LogP contribution is -2.19. The van der Waals surface area contributed by atoms with Crippen LogP contribution in [0.1, 0.15) is 4.88 Å². The Bertz CT molecular complexity index is 1120. The Morgan fingerprint density at radius 2 is 1.67 bits per heavy atom. The van der Waals surface area contributed by atoms with E-state index in [4.69, 9.17) is 12.2 Å². The van der Waals surface area contributed by atoms with Crippen LogP contribution in [0, 0.1) is 3.95 Å². The van der Waals surface area contributed by atoms with E-state index in [1.807, 2.05) is 48.5 Å². The van der Waals surface area contributed by atoms with Gasteiger partial charge < -0.3 is 5.11 Å². The van der Waals surface area contributed by atoms with Crippen LogP contribution >= 0.6 is 39.5 Å². The SMILES string of the molecule is Oc1c(C=C2N=c3ccccc3=N2)sc(=S)n1-c1ccccc1Br. The minimum absolute atomic E-state index is 0.0887. The zero-order valence-corrected chi connectivity index (χ0v) is 15.4. The summed E-state index contributed by atoms with van der Waals surface area (Å²) in [5, 5.41) is 12.3. The van der Waals surface area contributed by atoms with Crippen LogP contribution in [0.15, 0.2) is 68.8 Å². The van der Waals surface area contributed by atoms with E-state index in [1.54, 1.807) is 10.6 Å². The molecule has 0 aliphatic carbocycles. The second kappa shape index (κ2) is 6.08. The van der Waals surface area contributed by atoms with Gasteiger partial charge in [-0.15, -0.1) is 11.3 Å². The maximum atomic E-state index is 10.6. The van der Waals surface area contributed by atoms with Gasteiger partial charge in [-0.25, -0.2) is 9.98 Å². The summed E-state index contributed by atoms with van der Waals surface area (Å²) in [6.45, 7) is 0. The molecular formula is C17H10BrN3OS2. The Labute approximate surface area is 154 Å². The molecule has 0 saturated carbocycles. The van der Waals surface area contributed by atoms with Crippen LogP contribution in [0.25, 0.3) is 11.8 Å². The van der Waals surface area contributed by atoms with E-state index in [9.17, 15) is 5.11 Å². The van der Waals surface area contributed by atoms with Crippen molar-refractivity contribution in [1.29, 1.82) is 0 Å². The molecule has 4 nitrogen and oxygen atoms in total. The molecule has 7 heteroatoms. The summed E-state index contributed by atoms with van der Waals surface area (Å²) in [4.78, 5) is 9.54.